The van der Waals surface area contributed by atoms with Crippen LogP contribution in [0.15, 0.2) is 84.9 Å². The van der Waals surface area contributed by atoms with E-state index in [4.69, 9.17) is 9.47 Å². The van der Waals surface area contributed by atoms with Crippen molar-refractivity contribution in [1.29, 1.82) is 0 Å². The van der Waals surface area contributed by atoms with E-state index in [1.54, 1.807) is 13.8 Å². The van der Waals surface area contributed by atoms with Gasteiger partial charge in [0.15, 0.2) is 0 Å². The summed E-state index contributed by atoms with van der Waals surface area (Å²) in [4.78, 5) is 12.2. The molecule has 4 heteroatoms. The van der Waals surface area contributed by atoms with Gasteiger partial charge in [0.2, 0.25) is 5.60 Å². The van der Waals surface area contributed by atoms with Crippen LogP contribution in [0.25, 0.3) is 16.7 Å². The summed E-state index contributed by atoms with van der Waals surface area (Å²) in [6.45, 7) is 8.64. The van der Waals surface area contributed by atoms with Gasteiger partial charge in [0.25, 0.3) is 0 Å². The minimum Gasteiger partial charge on any atom is -0.476 e. The number of hydrogen-bond acceptors (Lipinski definition) is 4. The average molecular weight is 444 g/mol. The summed E-state index contributed by atoms with van der Waals surface area (Å²) in [6.07, 6.45) is 2.71. The molecule has 0 aliphatic rings. The van der Waals surface area contributed by atoms with Gasteiger partial charge in [-0.1, -0.05) is 67.6 Å². The molecule has 0 unspecified atom stereocenters. The third-order valence-corrected chi connectivity index (χ3v) is 5.74. The lowest BCUT2D eigenvalue weighted by atomic mass is 10.0. The largest absolute Gasteiger partial charge is 0.476 e. The van der Waals surface area contributed by atoms with E-state index in [0.717, 1.165) is 5.69 Å². The summed E-state index contributed by atoms with van der Waals surface area (Å²) >= 11 is 0. The molecular formula is C29H33NO3. The fourth-order valence-corrected chi connectivity index (χ4v) is 3.44. The SMILES string of the molecule is CCOC(=O)[C@](C)(CC)Oc1ccc(NCC=C(C)c2ccc(-c3ccccc3)cc2)cc1. The molecule has 0 aliphatic carbocycles. The van der Waals surface area contributed by atoms with Gasteiger partial charge >= 0.3 is 5.97 Å². The van der Waals surface area contributed by atoms with Gasteiger partial charge in [0, 0.05) is 12.2 Å². The Balaban J connectivity index is 1.56. The normalized spacial score (nSPS) is 13.2. The van der Waals surface area contributed by atoms with E-state index >= 15 is 0 Å². The van der Waals surface area contributed by atoms with Crippen LogP contribution in [0, 0.1) is 0 Å². The first-order chi connectivity index (χ1) is 15.9. The highest BCUT2D eigenvalue weighted by Gasteiger charge is 2.35. The Bertz CT molecular complexity index is 1060. The third-order valence-electron chi connectivity index (χ3n) is 5.74. The van der Waals surface area contributed by atoms with Gasteiger partial charge in [-0.25, -0.2) is 4.79 Å². The number of allylic oxidation sites excluding steroid dienone is 1. The molecule has 4 nitrogen and oxygen atoms in total. The Kier molecular flexibility index (Phi) is 8.31. The van der Waals surface area contributed by atoms with Crippen molar-refractivity contribution in [3.05, 3.63) is 90.5 Å². The summed E-state index contributed by atoms with van der Waals surface area (Å²) in [5.41, 5.74) is 4.87. The van der Waals surface area contributed by atoms with E-state index in [-0.39, 0.29) is 5.97 Å². The van der Waals surface area contributed by atoms with Crippen molar-refractivity contribution in [3.63, 3.8) is 0 Å². The molecule has 0 amide bonds. The molecule has 0 radical (unpaired) electrons. The predicted octanol–water partition coefficient (Wildman–Crippen LogP) is 6.98. The highest BCUT2D eigenvalue weighted by Crippen LogP contribution is 2.25. The second-order valence-electron chi connectivity index (χ2n) is 8.14. The van der Waals surface area contributed by atoms with Gasteiger partial charge in [-0.3, -0.25) is 0 Å². The van der Waals surface area contributed by atoms with E-state index in [1.807, 2.05) is 37.3 Å². The third kappa shape index (κ3) is 6.48. The number of esters is 1. The Labute approximate surface area is 197 Å². The lowest BCUT2D eigenvalue weighted by Crippen LogP contribution is -2.42. The van der Waals surface area contributed by atoms with E-state index in [9.17, 15) is 4.79 Å². The second-order valence-corrected chi connectivity index (χ2v) is 8.14. The van der Waals surface area contributed by atoms with Crippen LogP contribution >= 0.6 is 0 Å². The van der Waals surface area contributed by atoms with E-state index in [0.29, 0.717) is 25.3 Å². The molecule has 0 bridgehead atoms. The molecule has 0 aromatic heterocycles. The maximum atomic E-state index is 12.2. The Hall–Kier alpha value is -3.53. The lowest BCUT2D eigenvalue weighted by molar-refractivity contribution is -0.160. The molecule has 1 atom stereocenters. The minimum absolute atomic E-state index is 0.338. The second kappa shape index (κ2) is 11.4. The van der Waals surface area contributed by atoms with Crippen LogP contribution in [0.2, 0.25) is 0 Å². The molecule has 0 aliphatic heterocycles. The van der Waals surface area contributed by atoms with Crippen LogP contribution in [-0.4, -0.2) is 24.7 Å². The zero-order valence-electron chi connectivity index (χ0n) is 19.9. The molecule has 172 valence electrons. The smallest absolute Gasteiger partial charge is 0.350 e. The van der Waals surface area contributed by atoms with Crippen molar-refractivity contribution >= 4 is 17.2 Å². The monoisotopic (exact) mass is 443 g/mol. The molecule has 3 rings (SSSR count). The molecule has 0 spiro atoms. The zero-order valence-corrected chi connectivity index (χ0v) is 19.9. The van der Waals surface area contributed by atoms with Crippen molar-refractivity contribution in [2.24, 2.45) is 0 Å². The standard InChI is InChI=1S/C29H33NO3/c1-5-29(4,28(31)32-6-2)33-27-18-16-26(17-19-27)30-21-20-22(3)23-12-14-25(15-13-23)24-10-8-7-9-11-24/h7-20,30H,5-6,21H2,1-4H3/t29-/m0/s1. The maximum absolute atomic E-state index is 12.2. The fourth-order valence-electron chi connectivity index (χ4n) is 3.44. The number of carbonyl (C=O) groups excluding carboxylic acids is 1. The van der Waals surface area contributed by atoms with Gasteiger partial charge in [-0.05, 0) is 73.7 Å². The van der Waals surface area contributed by atoms with Gasteiger partial charge in [0.05, 0.1) is 6.61 Å². The highest BCUT2D eigenvalue weighted by atomic mass is 16.6. The fraction of sp³-hybridized carbons (Fsp3) is 0.276. The summed E-state index contributed by atoms with van der Waals surface area (Å²) in [5, 5.41) is 3.41. The Morgan fingerprint density at radius 1 is 0.909 bits per heavy atom. The van der Waals surface area contributed by atoms with Gasteiger partial charge in [-0.2, -0.15) is 0 Å². The van der Waals surface area contributed by atoms with Crippen LogP contribution in [0.5, 0.6) is 5.75 Å². The molecule has 1 N–H and O–H groups in total. The summed E-state index contributed by atoms with van der Waals surface area (Å²) < 4.78 is 11.1. The van der Waals surface area contributed by atoms with Crippen molar-refractivity contribution < 1.29 is 14.3 Å². The molecule has 0 saturated carbocycles. The van der Waals surface area contributed by atoms with Crippen molar-refractivity contribution in [2.75, 3.05) is 18.5 Å². The lowest BCUT2D eigenvalue weighted by Gasteiger charge is -2.27. The Morgan fingerprint density at radius 2 is 1.55 bits per heavy atom. The van der Waals surface area contributed by atoms with Crippen molar-refractivity contribution in [3.8, 4) is 16.9 Å². The van der Waals surface area contributed by atoms with E-state index in [2.05, 4.69) is 66.8 Å². The average Bonchev–Trinajstić information content (AvgIpc) is 2.85. The van der Waals surface area contributed by atoms with Crippen LogP contribution in [0.4, 0.5) is 5.69 Å². The first-order valence-electron chi connectivity index (χ1n) is 11.5. The maximum Gasteiger partial charge on any atom is 0.350 e. The number of nitrogens with one attached hydrogen (secondary N) is 1. The van der Waals surface area contributed by atoms with E-state index in [1.165, 1.54) is 22.3 Å². The van der Waals surface area contributed by atoms with Gasteiger partial charge < -0.3 is 14.8 Å². The summed E-state index contributed by atoms with van der Waals surface area (Å²) in [6, 6.07) is 26.7. The molecular weight excluding hydrogens is 410 g/mol. The molecule has 33 heavy (non-hydrogen) atoms. The first-order valence-corrected chi connectivity index (χ1v) is 11.5. The molecule has 0 fully saturated rings. The number of benzene rings is 3. The van der Waals surface area contributed by atoms with Crippen LogP contribution in [0.1, 0.15) is 39.7 Å². The summed E-state index contributed by atoms with van der Waals surface area (Å²) in [5.74, 6) is 0.301. The number of hydrogen-bond donors (Lipinski definition) is 1. The number of rotatable bonds is 10. The summed E-state index contributed by atoms with van der Waals surface area (Å²) in [7, 11) is 0. The minimum atomic E-state index is -0.985. The van der Waals surface area contributed by atoms with Crippen LogP contribution in [0.3, 0.4) is 0 Å². The topological polar surface area (TPSA) is 47.6 Å². The van der Waals surface area contributed by atoms with Crippen molar-refractivity contribution in [1.82, 2.24) is 0 Å². The van der Waals surface area contributed by atoms with Gasteiger partial charge in [-0.15, -0.1) is 0 Å². The first kappa shape index (κ1) is 24.1. The van der Waals surface area contributed by atoms with Crippen LogP contribution in [-0.2, 0) is 9.53 Å². The molecule has 0 heterocycles. The molecule has 0 saturated heterocycles. The van der Waals surface area contributed by atoms with Crippen LogP contribution < -0.4 is 10.1 Å². The van der Waals surface area contributed by atoms with Crippen molar-refractivity contribution in [2.45, 2.75) is 39.7 Å². The van der Waals surface area contributed by atoms with E-state index < -0.39 is 5.60 Å². The number of carbonyl (C=O) groups is 1. The molecule has 3 aromatic carbocycles. The van der Waals surface area contributed by atoms with Gasteiger partial charge in [0.1, 0.15) is 5.75 Å². The Morgan fingerprint density at radius 3 is 2.15 bits per heavy atom. The quantitative estimate of drug-likeness (QED) is 0.343. The number of ether oxygens (including phenoxy) is 2. The number of anilines is 1. The zero-order chi connectivity index (χ0) is 23.7. The predicted molar refractivity (Wildman–Crippen MR) is 136 cm³/mol. The highest BCUT2D eigenvalue weighted by molar-refractivity contribution is 5.79. The molecule has 3 aromatic rings.